The van der Waals surface area contributed by atoms with Crippen LogP contribution in [0, 0.1) is 0 Å². The van der Waals surface area contributed by atoms with Crippen molar-refractivity contribution in [1.29, 1.82) is 0 Å². The Bertz CT molecular complexity index is 927. The van der Waals surface area contributed by atoms with Crippen LogP contribution in [-0.4, -0.2) is 81.6 Å². The smallest absolute Gasteiger partial charge is 0.246 e. The second-order valence-corrected chi connectivity index (χ2v) is 7.53. The quantitative estimate of drug-likeness (QED) is 0.534. The molecule has 1 aliphatic rings. The molecule has 1 amide bonds. The second kappa shape index (κ2) is 11.4. The number of piperazine rings is 1. The highest BCUT2D eigenvalue weighted by Crippen LogP contribution is 2.38. The van der Waals surface area contributed by atoms with E-state index >= 15 is 0 Å². The SMILES string of the molecule is CCN(CC)c1ccc(N2CCN(C(=O)/C=C/c3cc(OC)c(OC)c(OC)c3)CC2)nn1. The van der Waals surface area contributed by atoms with Gasteiger partial charge in [0, 0.05) is 45.3 Å². The highest BCUT2D eigenvalue weighted by molar-refractivity contribution is 5.92. The minimum Gasteiger partial charge on any atom is -0.493 e. The normalized spacial score (nSPS) is 13.8. The molecule has 0 radical (unpaired) electrons. The summed E-state index contributed by atoms with van der Waals surface area (Å²) >= 11 is 0. The van der Waals surface area contributed by atoms with Crippen molar-refractivity contribution >= 4 is 23.6 Å². The van der Waals surface area contributed by atoms with Gasteiger partial charge in [0.2, 0.25) is 11.7 Å². The molecule has 1 aromatic carbocycles. The molecular weight excluding hydrogens is 422 g/mol. The minimum atomic E-state index is -0.0358. The molecule has 0 aliphatic carbocycles. The Balaban J connectivity index is 1.60. The average molecular weight is 456 g/mol. The van der Waals surface area contributed by atoms with Crippen molar-refractivity contribution < 1.29 is 19.0 Å². The van der Waals surface area contributed by atoms with Crippen LogP contribution in [0.2, 0.25) is 0 Å². The van der Waals surface area contributed by atoms with Crippen LogP contribution < -0.4 is 24.0 Å². The Labute approximate surface area is 195 Å². The summed E-state index contributed by atoms with van der Waals surface area (Å²) in [5, 5.41) is 8.76. The number of carbonyl (C=O) groups excluding carboxylic acids is 1. The summed E-state index contributed by atoms with van der Waals surface area (Å²) in [6, 6.07) is 7.63. The number of nitrogens with zero attached hydrogens (tertiary/aromatic N) is 5. The summed E-state index contributed by atoms with van der Waals surface area (Å²) in [7, 11) is 4.69. The maximum Gasteiger partial charge on any atom is 0.246 e. The van der Waals surface area contributed by atoms with Crippen molar-refractivity contribution in [1.82, 2.24) is 15.1 Å². The fraction of sp³-hybridized carbons (Fsp3) is 0.458. The van der Waals surface area contributed by atoms with Gasteiger partial charge in [0.15, 0.2) is 23.1 Å². The molecule has 1 fully saturated rings. The van der Waals surface area contributed by atoms with Gasteiger partial charge in [-0.05, 0) is 49.8 Å². The van der Waals surface area contributed by atoms with E-state index in [-0.39, 0.29) is 5.91 Å². The fourth-order valence-electron chi connectivity index (χ4n) is 3.83. The molecule has 9 nitrogen and oxygen atoms in total. The zero-order valence-corrected chi connectivity index (χ0v) is 20.1. The number of carbonyl (C=O) groups is 1. The zero-order chi connectivity index (χ0) is 23.8. The van der Waals surface area contributed by atoms with Crippen molar-refractivity contribution in [2.75, 3.05) is 70.4 Å². The first-order valence-corrected chi connectivity index (χ1v) is 11.1. The monoisotopic (exact) mass is 455 g/mol. The summed E-state index contributed by atoms with van der Waals surface area (Å²) < 4.78 is 16.1. The Morgan fingerprint density at radius 2 is 1.61 bits per heavy atom. The lowest BCUT2D eigenvalue weighted by Crippen LogP contribution is -2.48. The van der Waals surface area contributed by atoms with E-state index in [1.807, 2.05) is 29.2 Å². The lowest BCUT2D eigenvalue weighted by Gasteiger charge is -2.34. The van der Waals surface area contributed by atoms with E-state index in [1.165, 1.54) is 0 Å². The minimum absolute atomic E-state index is 0.0358. The average Bonchev–Trinajstić information content (AvgIpc) is 2.87. The number of ether oxygens (including phenoxy) is 3. The van der Waals surface area contributed by atoms with Gasteiger partial charge in [-0.15, -0.1) is 10.2 Å². The van der Waals surface area contributed by atoms with Gasteiger partial charge in [-0.1, -0.05) is 0 Å². The van der Waals surface area contributed by atoms with E-state index in [2.05, 4.69) is 33.8 Å². The standard InChI is InChI=1S/C24H33N5O4/c1-6-27(7-2)21-9-10-22(26-25-21)28-12-14-29(15-13-28)23(30)11-8-18-16-19(31-3)24(33-5)20(17-18)32-4/h8-11,16-17H,6-7,12-15H2,1-5H3/b11-8+. The number of aromatic nitrogens is 2. The summed E-state index contributed by atoms with van der Waals surface area (Å²) in [5.74, 6) is 3.30. The largest absolute Gasteiger partial charge is 0.493 e. The predicted octanol–water partition coefficient (Wildman–Crippen LogP) is 2.71. The lowest BCUT2D eigenvalue weighted by atomic mass is 10.1. The Kier molecular flexibility index (Phi) is 8.34. The summed E-state index contributed by atoms with van der Waals surface area (Å²) in [6.07, 6.45) is 3.34. The van der Waals surface area contributed by atoms with E-state index in [1.54, 1.807) is 33.5 Å². The Hall–Kier alpha value is -3.49. The molecule has 2 aromatic rings. The topological polar surface area (TPSA) is 80.3 Å². The van der Waals surface area contributed by atoms with Gasteiger partial charge in [0.05, 0.1) is 21.3 Å². The molecule has 1 aromatic heterocycles. The third-order valence-electron chi connectivity index (χ3n) is 5.74. The van der Waals surface area contributed by atoms with E-state index in [0.717, 1.165) is 30.3 Å². The lowest BCUT2D eigenvalue weighted by molar-refractivity contribution is -0.126. The Morgan fingerprint density at radius 1 is 0.970 bits per heavy atom. The van der Waals surface area contributed by atoms with Crippen LogP contribution in [0.5, 0.6) is 17.2 Å². The molecule has 0 unspecified atom stereocenters. The van der Waals surface area contributed by atoms with Crippen molar-refractivity contribution in [3.05, 3.63) is 35.9 Å². The number of benzene rings is 1. The van der Waals surface area contributed by atoms with Gasteiger partial charge in [0.25, 0.3) is 0 Å². The number of hydrogen-bond donors (Lipinski definition) is 0. The molecule has 0 bridgehead atoms. The highest BCUT2D eigenvalue weighted by atomic mass is 16.5. The van der Waals surface area contributed by atoms with E-state index in [4.69, 9.17) is 14.2 Å². The molecule has 3 rings (SSSR count). The third-order valence-corrected chi connectivity index (χ3v) is 5.74. The van der Waals surface area contributed by atoms with Crippen molar-refractivity contribution in [2.45, 2.75) is 13.8 Å². The molecule has 0 saturated carbocycles. The number of amides is 1. The van der Waals surface area contributed by atoms with Crippen LogP contribution in [-0.2, 0) is 4.79 Å². The van der Waals surface area contributed by atoms with E-state index in [0.29, 0.717) is 43.4 Å². The zero-order valence-electron chi connectivity index (χ0n) is 20.1. The molecule has 178 valence electrons. The highest BCUT2D eigenvalue weighted by Gasteiger charge is 2.21. The molecule has 0 spiro atoms. The number of anilines is 2. The van der Waals surface area contributed by atoms with Crippen LogP contribution in [0.4, 0.5) is 11.6 Å². The van der Waals surface area contributed by atoms with Crippen molar-refractivity contribution in [3.63, 3.8) is 0 Å². The van der Waals surface area contributed by atoms with E-state index < -0.39 is 0 Å². The molecule has 1 saturated heterocycles. The number of hydrogen-bond acceptors (Lipinski definition) is 8. The number of rotatable bonds is 9. The van der Waals surface area contributed by atoms with Gasteiger partial charge in [-0.3, -0.25) is 4.79 Å². The molecule has 0 N–H and O–H groups in total. The third kappa shape index (κ3) is 5.66. The van der Waals surface area contributed by atoms with Gasteiger partial charge in [-0.25, -0.2) is 0 Å². The summed E-state index contributed by atoms with van der Waals surface area (Å²) in [6.45, 7) is 8.67. The second-order valence-electron chi connectivity index (χ2n) is 7.53. The molecule has 33 heavy (non-hydrogen) atoms. The molecule has 1 aliphatic heterocycles. The van der Waals surface area contributed by atoms with Crippen LogP contribution >= 0.6 is 0 Å². The first-order chi connectivity index (χ1) is 16.0. The van der Waals surface area contributed by atoms with Gasteiger partial charge in [0.1, 0.15) is 0 Å². The molecular formula is C24H33N5O4. The van der Waals surface area contributed by atoms with Crippen LogP contribution in [0.3, 0.4) is 0 Å². The summed E-state index contributed by atoms with van der Waals surface area (Å²) in [5.41, 5.74) is 0.792. The first-order valence-electron chi connectivity index (χ1n) is 11.1. The maximum atomic E-state index is 12.7. The van der Waals surface area contributed by atoms with Gasteiger partial charge < -0.3 is 28.9 Å². The molecule has 2 heterocycles. The maximum absolute atomic E-state index is 12.7. The van der Waals surface area contributed by atoms with Crippen LogP contribution in [0.1, 0.15) is 19.4 Å². The first kappa shape index (κ1) is 24.2. The van der Waals surface area contributed by atoms with E-state index in [9.17, 15) is 4.79 Å². The van der Waals surface area contributed by atoms with Gasteiger partial charge >= 0.3 is 0 Å². The fourth-order valence-corrected chi connectivity index (χ4v) is 3.83. The Morgan fingerprint density at radius 3 is 2.09 bits per heavy atom. The molecule has 0 atom stereocenters. The summed E-state index contributed by atoms with van der Waals surface area (Å²) in [4.78, 5) is 18.9. The van der Waals surface area contributed by atoms with Crippen LogP contribution in [0.25, 0.3) is 6.08 Å². The van der Waals surface area contributed by atoms with Crippen molar-refractivity contribution in [3.8, 4) is 17.2 Å². The predicted molar refractivity (Wildman–Crippen MR) is 130 cm³/mol. The van der Waals surface area contributed by atoms with Crippen LogP contribution in [0.15, 0.2) is 30.3 Å². The number of methoxy groups -OCH3 is 3. The van der Waals surface area contributed by atoms with Crippen molar-refractivity contribution in [2.24, 2.45) is 0 Å². The molecule has 9 heteroatoms. The van der Waals surface area contributed by atoms with Gasteiger partial charge in [-0.2, -0.15) is 0 Å².